The van der Waals surface area contributed by atoms with Crippen molar-refractivity contribution in [2.24, 2.45) is 0 Å². The van der Waals surface area contributed by atoms with E-state index in [4.69, 9.17) is 5.26 Å². The van der Waals surface area contributed by atoms with E-state index < -0.39 is 0 Å². The highest BCUT2D eigenvalue weighted by Crippen LogP contribution is 2.18. The average Bonchev–Trinajstić information content (AvgIpc) is 2.82. The molecule has 0 aliphatic carbocycles. The van der Waals surface area contributed by atoms with Crippen molar-refractivity contribution in [3.05, 3.63) is 47.8 Å². The fourth-order valence-electron chi connectivity index (χ4n) is 1.54. The Kier molecular flexibility index (Phi) is 2.88. The van der Waals surface area contributed by atoms with Gasteiger partial charge in [-0.2, -0.15) is 10.4 Å². The third kappa shape index (κ3) is 2.20. The maximum Gasteiger partial charge on any atom is 0.0991 e. The molecule has 0 aliphatic rings. The molecule has 0 saturated carbocycles. The van der Waals surface area contributed by atoms with Crippen molar-refractivity contribution in [2.75, 3.05) is 5.32 Å². The Morgan fingerprint density at radius 2 is 2.38 bits per heavy atom. The number of benzene rings is 1. The SMILES string of the molecule is CC(Nc1cn[nH]c1)c1cccc(C#N)c1. The largest absolute Gasteiger partial charge is 0.376 e. The number of H-pyrrole nitrogens is 1. The molecule has 4 heteroatoms. The van der Waals surface area contributed by atoms with Crippen LogP contribution in [0, 0.1) is 11.3 Å². The van der Waals surface area contributed by atoms with Crippen LogP contribution >= 0.6 is 0 Å². The Hall–Kier alpha value is -2.28. The summed E-state index contributed by atoms with van der Waals surface area (Å²) in [5, 5.41) is 18.7. The highest BCUT2D eigenvalue weighted by Gasteiger charge is 2.06. The molecular weight excluding hydrogens is 200 g/mol. The number of aromatic nitrogens is 2. The average molecular weight is 212 g/mol. The van der Waals surface area contributed by atoms with E-state index in [2.05, 4.69) is 21.6 Å². The third-order valence-electron chi connectivity index (χ3n) is 2.40. The number of anilines is 1. The fourth-order valence-corrected chi connectivity index (χ4v) is 1.54. The zero-order chi connectivity index (χ0) is 11.4. The molecule has 0 spiro atoms. The monoisotopic (exact) mass is 212 g/mol. The molecule has 1 aromatic carbocycles. The number of nitrogens with zero attached hydrogens (tertiary/aromatic N) is 2. The Morgan fingerprint density at radius 1 is 1.50 bits per heavy atom. The molecule has 0 bridgehead atoms. The van der Waals surface area contributed by atoms with Crippen LogP contribution in [0.1, 0.15) is 24.1 Å². The number of aromatic amines is 1. The van der Waals surface area contributed by atoms with Crippen LogP contribution in [0.5, 0.6) is 0 Å². The summed E-state index contributed by atoms with van der Waals surface area (Å²) in [6.45, 7) is 2.05. The second-order valence-corrected chi connectivity index (χ2v) is 3.59. The molecule has 2 N–H and O–H groups in total. The van der Waals surface area contributed by atoms with Gasteiger partial charge in [0, 0.05) is 12.2 Å². The molecule has 2 rings (SSSR count). The van der Waals surface area contributed by atoms with Gasteiger partial charge in [-0.15, -0.1) is 0 Å². The summed E-state index contributed by atoms with van der Waals surface area (Å²) in [7, 11) is 0. The van der Waals surface area contributed by atoms with Gasteiger partial charge in [-0.05, 0) is 24.6 Å². The van der Waals surface area contributed by atoms with Gasteiger partial charge >= 0.3 is 0 Å². The second-order valence-electron chi connectivity index (χ2n) is 3.59. The topological polar surface area (TPSA) is 64.5 Å². The van der Waals surface area contributed by atoms with Crippen LogP contribution in [0.15, 0.2) is 36.7 Å². The minimum atomic E-state index is 0.144. The van der Waals surface area contributed by atoms with Gasteiger partial charge in [-0.25, -0.2) is 0 Å². The minimum absolute atomic E-state index is 0.144. The van der Waals surface area contributed by atoms with Crippen LogP contribution in [0.2, 0.25) is 0 Å². The molecule has 1 atom stereocenters. The summed E-state index contributed by atoms with van der Waals surface area (Å²) in [4.78, 5) is 0. The molecule has 0 aliphatic heterocycles. The summed E-state index contributed by atoms with van der Waals surface area (Å²) in [6.07, 6.45) is 3.52. The summed E-state index contributed by atoms with van der Waals surface area (Å²) < 4.78 is 0. The van der Waals surface area contributed by atoms with Gasteiger partial charge in [-0.1, -0.05) is 12.1 Å². The van der Waals surface area contributed by atoms with Gasteiger partial charge in [0.2, 0.25) is 0 Å². The molecular formula is C12H12N4. The maximum absolute atomic E-state index is 8.82. The first-order chi connectivity index (χ1) is 7.79. The molecule has 1 heterocycles. The van der Waals surface area contributed by atoms with Crippen molar-refractivity contribution < 1.29 is 0 Å². The smallest absolute Gasteiger partial charge is 0.0991 e. The highest BCUT2D eigenvalue weighted by molar-refractivity contribution is 5.42. The first kappa shape index (κ1) is 10.2. The molecule has 0 fully saturated rings. The Labute approximate surface area is 93.9 Å². The van der Waals surface area contributed by atoms with Crippen molar-refractivity contribution in [1.29, 1.82) is 5.26 Å². The van der Waals surface area contributed by atoms with E-state index in [1.54, 1.807) is 18.5 Å². The molecule has 80 valence electrons. The molecule has 16 heavy (non-hydrogen) atoms. The van der Waals surface area contributed by atoms with E-state index in [0.717, 1.165) is 11.3 Å². The number of hydrogen-bond acceptors (Lipinski definition) is 3. The minimum Gasteiger partial charge on any atom is -0.376 e. The maximum atomic E-state index is 8.82. The van der Waals surface area contributed by atoms with Crippen molar-refractivity contribution in [3.8, 4) is 6.07 Å². The molecule has 0 radical (unpaired) electrons. The highest BCUT2D eigenvalue weighted by atomic mass is 15.1. The Bertz CT molecular complexity index is 496. The van der Waals surface area contributed by atoms with Crippen molar-refractivity contribution >= 4 is 5.69 Å². The predicted molar refractivity (Wildman–Crippen MR) is 61.8 cm³/mol. The Balaban J connectivity index is 2.15. The lowest BCUT2D eigenvalue weighted by atomic mass is 10.1. The molecule has 1 aromatic heterocycles. The van der Waals surface area contributed by atoms with Crippen LogP contribution in [0.25, 0.3) is 0 Å². The van der Waals surface area contributed by atoms with Crippen LogP contribution in [-0.2, 0) is 0 Å². The lowest BCUT2D eigenvalue weighted by molar-refractivity contribution is 0.884. The first-order valence-electron chi connectivity index (χ1n) is 5.05. The number of rotatable bonds is 3. The van der Waals surface area contributed by atoms with Crippen molar-refractivity contribution in [1.82, 2.24) is 10.2 Å². The van der Waals surface area contributed by atoms with Crippen LogP contribution in [0.3, 0.4) is 0 Å². The number of nitriles is 1. The second kappa shape index (κ2) is 4.49. The lowest BCUT2D eigenvalue weighted by Crippen LogP contribution is -2.05. The molecule has 4 nitrogen and oxygen atoms in total. The quantitative estimate of drug-likeness (QED) is 0.821. The van der Waals surface area contributed by atoms with Gasteiger partial charge in [0.15, 0.2) is 0 Å². The number of hydrogen-bond donors (Lipinski definition) is 2. The van der Waals surface area contributed by atoms with Crippen LogP contribution in [0.4, 0.5) is 5.69 Å². The lowest BCUT2D eigenvalue weighted by Gasteiger charge is -2.13. The van der Waals surface area contributed by atoms with E-state index in [0.29, 0.717) is 5.56 Å². The van der Waals surface area contributed by atoms with Gasteiger partial charge in [-0.3, -0.25) is 5.10 Å². The first-order valence-corrected chi connectivity index (χ1v) is 5.05. The summed E-state index contributed by atoms with van der Waals surface area (Å²) in [5.74, 6) is 0. The third-order valence-corrected chi connectivity index (χ3v) is 2.40. The summed E-state index contributed by atoms with van der Waals surface area (Å²) >= 11 is 0. The van der Waals surface area contributed by atoms with Crippen molar-refractivity contribution in [3.63, 3.8) is 0 Å². The molecule has 0 amide bonds. The van der Waals surface area contributed by atoms with E-state index in [9.17, 15) is 0 Å². The predicted octanol–water partition coefficient (Wildman–Crippen LogP) is 2.45. The fraction of sp³-hybridized carbons (Fsp3) is 0.167. The standard InChI is InChI=1S/C12H12N4/c1-9(16-12-7-14-15-8-12)11-4-2-3-10(5-11)6-13/h2-5,7-9,16H,1H3,(H,14,15). The van der Waals surface area contributed by atoms with E-state index in [1.807, 2.05) is 25.1 Å². The van der Waals surface area contributed by atoms with E-state index in [-0.39, 0.29) is 6.04 Å². The normalized spacial score (nSPS) is 11.8. The van der Waals surface area contributed by atoms with Crippen LogP contribution < -0.4 is 5.32 Å². The zero-order valence-electron chi connectivity index (χ0n) is 8.94. The van der Waals surface area contributed by atoms with E-state index >= 15 is 0 Å². The van der Waals surface area contributed by atoms with Gasteiger partial charge in [0.1, 0.15) is 0 Å². The molecule has 0 saturated heterocycles. The van der Waals surface area contributed by atoms with Gasteiger partial charge in [0.05, 0.1) is 23.5 Å². The van der Waals surface area contributed by atoms with Crippen molar-refractivity contribution in [2.45, 2.75) is 13.0 Å². The zero-order valence-corrected chi connectivity index (χ0v) is 8.94. The van der Waals surface area contributed by atoms with E-state index in [1.165, 1.54) is 0 Å². The van der Waals surface area contributed by atoms with Gasteiger partial charge in [0.25, 0.3) is 0 Å². The molecule has 1 unspecified atom stereocenters. The number of nitrogens with one attached hydrogen (secondary N) is 2. The molecule has 2 aromatic rings. The van der Waals surface area contributed by atoms with Crippen LogP contribution in [-0.4, -0.2) is 10.2 Å². The summed E-state index contributed by atoms with van der Waals surface area (Å²) in [6, 6.07) is 9.85. The summed E-state index contributed by atoms with van der Waals surface area (Å²) in [5.41, 5.74) is 2.70. The van der Waals surface area contributed by atoms with Gasteiger partial charge < -0.3 is 5.32 Å². The Morgan fingerprint density at radius 3 is 3.06 bits per heavy atom.